The number of likely N-dealkylation sites (tertiary alicyclic amines) is 1. The number of hydrogen-bond acceptors (Lipinski definition) is 6. The second kappa shape index (κ2) is 8.31. The fourth-order valence-electron chi connectivity index (χ4n) is 3.17. The summed E-state index contributed by atoms with van der Waals surface area (Å²) in [5.74, 6) is -0.161. The number of phenols is 1. The quantitative estimate of drug-likeness (QED) is 0.785. The van der Waals surface area contributed by atoms with E-state index < -0.39 is 5.97 Å². The number of thiazole rings is 1. The van der Waals surface area contributed by atoms with Crippen molar-refractivity contribution < 1.29 is 19.4 Å². The van der Waals surface area contributed by atoms with Gasteiger partial charge in [-0.2, -0.15) is 0 Å². The first-order valence-electron chi connectivity index (χ1n) is 8.79. The van der Waals surface area contributed by atoms with Crippen LogP contribution in [0.4, 0.5) is 0 Å². The van der Waals surface area contributed by atoms with Crippen molar-refractivity contribution in [2.24, 2.45) is 0 Å². The van der Waals surface area contributed by atoms with Crippen LogP contribution in [0.2, 0.25) is 0 Å². The molecule has 1 aromatic carbocycles. The van der Waals surface area contributed by atoms with Gasteiger partial charge in [-0.05, 0) is 37.8 Å². The first kappa shape index (κ1) is 18.4. The molecule has 1 fully saturated rings. The minimum Gasteiger partial charge on any atom is -0.508 e. The fourth-order valence-corrected chi connectivity index (χ4v) is 4.10. The molecule has 6 nitrogen and oxygen atoms in total. The minimum atomic E-state index is -0.426. The SMILES string of the molecule is CCOC(=O)c1csc([C@H]2CCCN2C(=O)CCc2ccccc2O)n1. The molecule has 7 heteroatoms. The van der Waals surface area contributed by atoms with Crippen LogP contribution in [-0.4, -0.2) is 40.0 Å². The summed E-state index contributed by atoms with van der Waals surface area (Å²) in [5, 5.41) is 12.3. The van der Waals surface area contributed by atoms with Gasteiger partial charge < -0.3 is 14.7 Å². The molecular formula is C19H22N2O4S. The number of esters is 1. The normalized spacial score (nSPS) is 16.7. The third-order valence-electron chi connectivity index (χ3n) is 4.46. The van der Waals surface area contributed by atoms with E-state index in [0.717, 1.165) is 23.4 Å². The number of hydrogen-bond donors (Lipinski definition) is 1. The number of aromatic hydroxyl groups is 1. The van der Waals surface area contributed by atoms with Crippen LogP contribution in [0.5, 0.6) is 5.75 Å². The highest BCUT2D eigenvalue weighted by Crippen LogP contribution is 2.34. The van der Waals surface area contributed by atoms with E-state index in [0.29, 0.717) is 31.7 Å². The molecule has 3 rings (SSSR count). The Balaban J connectivity index is 1.65. The minimum absolute atomic E-state index is 0.0450. The van der Waals surface area contributed by atoms with Gasteiger partial charge in [0.1, 0.15) is 10.8 Å². The van der Waals surface area contributed by atoms with Gasteiger partial charge >= 0.3 is 5.97 Å². The Hall–Kier alpha value is -2.41. The smallest absolute Gasteiger partial charge is 0.357 e. The Morgan fingerprint density at radius 1 is 1.38 bits per heavy atom. The van der Waals surface area contributed by atoms with Gasteiger partial charge in [0.2, 0.25) is 5.91 Å². The summed E-state index contributed by atoms with van der Waals surface area (Å²) < 4.78 is 4.98. The number of carbonyl (C=O) groups is 2. The average molecular weight is 374 g/mol. The molecule has 1 saturated heterocycles. The van der Waals surface area contributed by atoms with Crippen molar-refractivity contribution in [2.75, 3.05) is 13.2 Å². The standard InChI is InChI=1S/C19H22N2O4S/c1-2-25-19(24)14-12-26-18(20-14)15-7-5-11-21(15)17(23)10-9-13-6-3-4-8-16(13)22/h3-4,6,8,12,15,22H,2,5,7,9-11H2,1H3/t15-/m1/s1. The molecule has 1 atom stereocenters. The molecule has 2 aromatic rings. The highest BCUT2D eigenvalue weighted by molar-refractivity contribution is 7.09. The lowest BCUT2D eigenvalue weighted by molar-refractivity contribution is -0.132. The van der Waals surface area contributed by atoms with Crippen molar-refractivity contribution in [3.8, 4) is 5.75 Å². The van der Waals surface area contributed by atoms with E-state index in [1.807, 2.05) is 17.0 Å². The first-order chi connectivity index (χ1) is 12.6. The van der Waals surface area contributed by atoms with Crippen molar-refractivity contribution in [3.05, 3.63) is 45.9 Å². The molecule has 0 radical (unpaired) electrons. The van der Waals surface area contributed by atoms with Gasteiger partial charge in [-0.15, -0.1) is 11.3 Å². The van der Waals surface area contributed by atoms with Crippen LogP contribution in [0, 0.1) is 0 Å². The predicted molar refractivity (Wildman–Crippen MR) is 98.2 cm³/mol. The number of aromatic nitrogens is 1. The zero-order valence-corrected chi connectivity index (χ0v) is 15.5. The van der Waals surface area contributed by atoms with Crippen molar-refractivity contribution in [3.63, 3.8) is 0 Å². The molecule has 138 valence electrons. The van der Waals surface area contributed by atoms with Gasteiger partial charge in [-0.25, -0.2) is 9.78 Å². The maximum atomic E-state index is 12.7. The summed E-state index contributed by atoms with van der Waals surface area (Å²) in [6.45, 7) is 2.76. The number of nitrogens with zero attached hydrogens (tertiary/aromatic N) is 2. The lowest BCUT2D eigenvalue weighted by Gasteiger charge is -2.23. The van der Waals surface area contributed by atoms with E-state index in [9.17, 15) is 14.7 Å². The van der Waals surface area contributed by atoms with Crippen LogP contribution in [-0.2, 0) is 16.0 Å². The summed E-state index contributed by atoms with van der Waals surface area (Å²) in [5.41, 5.74) is 1.08. The number of rotatable bonds is 6. The maximum absolute atomic E-state index is 12.7. The molecule has 26 heavy (non-hydrogen) atoms. The van der Waals surface area contributed by atoms with Gasteiger partial charge in [0.05, 0.1) is 12.6 Å². The lowest BCUT2D eigenvalue weighted by Crippen LogP contribution is -2.30. The Morgan fingerprint density at radius 2 is 2.19 bits per heavy atom. The highest BCUT2D eigenvalue weighted by Gasteiger charge is 2.32. The molecule has 1 aliphatic heterocycles. The third-order valence-corrected chi connectivity index (χ3v) is 5.41. The van der Waals surface area contributed by atoms with E-state index in [4.69, 9.17) is 4.74 Å². The summed E-state index contributed by atoms with van der Waals surface area (Å²) in [6.07, 6.45) is 2.60. The number of carbonyl (C=O) groups excluding carboxylic acids is 2. The van der Waals surface area contributed by atoms with E-state index >= 15 is 0 Å². The van der Waals surface area contributed by atoms with E-state index in [1.165, 1.54) is 11.3 Å². The zero-order chi connectivity index (χ0) is 18.5. The Morgan fingerprint density at radius 3 is 2.96 bits per heavy atom. The predicted octanol–water partition coefficient (Wildman–Crippen LogP) is 3.32. The van der Waals surface area contributed by atoms with Crippen LogP contribution >= 0.6 is 11.3 Å². The van der Waals surface area contributed by atoms with Gasteiger partial charge in [-0.1, -0.05) is 18.2 Å². The molecule has 1 aliphatic rings. The van der Waals surface area contributed by atoms with Gasteiger partial charge in [0, 0.05) is 18.3 Å². The van der Waals surface area contributed by atoms with Crippen LogP contribution in [0.3, 0.4) is 0 Å². The molecule has 0 aliphatic carbocycles. The van der Waals surface area contributed by atoms with Crippen molar-refractivity contribution in [2.45, 2.75) is 38.6 Å². The number of ether oxygens (including phenoxy) is 1. The topological polar surface area (TPSA) is 79.7 Å². The van der Waals surface area contributed by atoms with Crippen LogP contribution in [0.15, 0.2) is 29.6 Å². The molecule has 0 spiro atoms. The Kier molecular flexibility index (Phi) is 5.88. The fraction of sp³-hybridized carbons (Fsp3) is 0.421. The number of amides is 1. The van der Waals surface area contributed by atoms with E-state index in [2.05, 4.69) is 4.98 Å². The van der Waals surface area contributed by atoms with Crippen molar-refractivity contribution >= 4 is 23.2 Å². The second-order valence-corrected chi connectivity index (χ2v) is 7.06. The Labute approximate surface area is 156 Å². The van der Waals surface area contributed by atoms with Crippen LogP contribution in [0.1, 0.15) is 53.3 Å². The second-order valence-electron chi connectivity index (χ2n) is 6.17. The van der Waals surface area contributed by atoms with Crippen molar-refractivity contribution in [1.82, 2.24) is 9.88 Å². The maximum Gasteiger partial charge on any atom is 0.357 e. The average Bonchev–Trinajstić information content (AvgIpc) is 3.30. The number of phenolic OH excluding ortho intramolecular Hbond substituents is 1. The number of benzene rings is 1. The monoisotopic (exact) mass is 374 g/mol. The molecule has 0 saturated carbocycles. The summed E-state index contributed by atoms with van der Waals surface area (Å²) in [7, 11) is 0. The molecular weight excluding hydrogens is 352 g/mol. The van der Waals surface area contributed by atoms with E-state index in [-0.39, 0.29) is 17.7 Å². The largest absolute Gasteiger partial charge is 0.508 e. The van der Waals surface area contributed by atoms with Crippen molar-refractivity contribution in [1.29, 1.82) is 0 Å². The Bertz CT molecular complexity index is 789. The first-order valence-corrected chi connectivity index (χ1v) is 9.67. The number of aryl methyl sites for hydroxylation is 1. The summed E-state index contributed by atoms with van der Waals surface area (Å²) >= 11 is 1.39. The molecule has 1 aromatic heterocycles. The van der Waals surface area contributed by atoms with E-state index in [1.54, 1.807) is 24.4 Å². The van der Waals surface area contributed by atoms with Gasteiger partial charge in [0.15, 0.2) is 5.69 Å². The molecule has 0 bridgehead atoms. The molecule has 2 heterocycles. The van der Waals surface area contributed by atoms with Crippen LogP contribution in [0.25, 0.3) is 0 Å². The zero-order valence-electron chi connectivity index (χ0n) is 14.7. The van der Waals surface area contributed by atoms with Gasteiger partial charge in [-0.3, -0.25) is 4.79 Å². The highest BCUT2D eigenvalue weighted by atomic mass is 32.1. The van der Waals surface area contributed by atoms with Crippen LogP contribution < -0.4 is 0 Å². The number of para-hydroxylation sites is 1. The molecule has 0 unspecified atom stereocenters. The summed E-state index contributed by atoms with van der Waals surface area (Å²) in [6, 6.07) is 6.99. The summed E-state index contributed by atoms with van der Waals surface area (Å²) in [4.78, 5) is 30.7. The molecule has 1 N–H and O–H groups in total. The van der Waals surface area contributed by atoms with Gasteiger partial charge in [0.25, 0.3) is 0 Å². The lowest BCUT2D eigenvalue weighted by atomic mass is 10.1. The third kappa shape index (κ3) is 4.04. The molecule has 1 amide bonds.